The Morgan fingerprint density at radius 1 is 1.22 bits per heavy atom. The van der Waals surface area contributed by atoms with Crippen LogP contribution in [0.15, 0.2) is 29.2 Å². The summed E-state index contributed by atoms with van der Waals surface area (Å²) >= 11 is 0. The van der Waals surface area contributed by atoms with E-state index in [9.17, 15) is 27.9 Å². The number of fused-ring (bicyclic) bond motifs is 2. The van der Waals surface area contributed by atoms with Crippen LogP contribution in [0.2, 0.25) is 0 Å². The zero-order chi connectivity index (χ0) is 22.9. The predicted octanol–water partition coefficient (Wildman–Crippen LogP) is 3.53. The fraction of sp³-hybridized carbons (Fsp3) is 0.455. The maximum absolute atomic E-state index is 15.2. The number of benzene rings is 1. The summed E-state index contributed by atoms with van der Waals surface area (Å²) in [6.45, 7) is 0.530. The van der Waals surface area contributed by atoms with Crippen LogP contribution in [0.5, 0.6) is 0 Å². The van der Waals surface area contributed by atoms with E-state index in [0.29, 0.717) is 19.3 Å². The van der Waals surface area contributed by atoms with Crippen LogP contribution in [-0.4, -0.2) is 34.8 Å². The minimum absolute atomic E-state index is 0.0508. The molecule has 2 aliphatic carbocycles. The van der Waals surface area contributed by atoms with Crippen molar-refractivity contribution in [2.75, 3.05) is 18.0 Å². The first-order valence-corrected chi connectivity index (χ1v) is 10.5. The van der Waals surface area contributed by atoms with Gasteiger partial charge in [-0.3, -0.25) is 4.79 Å². The summed E-state index contributed by atoms with van der Waals surface area (Å²) in [6.07, 6.45) is 1.52. The number of carboxylic acid groups (broad SMARTS) is 1. The molecule has 2 fully saturated rings. The molecule has 5 rings (SSSR count). The van der Waals surface area contributed by atoms with E-state index in [2.05, 4.69) is 0 Å². The summed E-state index contributed by atoms with van der Waals surface area (Å²) in [7, 11) is 0. The number of allylic oxidation sites excluding steroid dienone is 1. The van der Waals surface area contributed by atoms with Crippen LogP contribution in [0.3, 0.4) is 0 Å². The Morgan fingerprint density at radius 3 is 2.53 bits per heavy atom. The van der Waals surface area contributed by atoms with E-state index >= 15 is 4.39 Å². The third-order valence-electron chi connectivity index (χ3n) is 6.81. The first-order valence-electron chi connectivity index (χ1n) is 10.5. The van der Waals surface area contributed by atoms with Crippen molar-refractivity contribution in [1.29, 1.82) is 0 Å². The van der Waals surface area contributed by atoms with Gasteiger partial charge in [0.2, 0.25) is 5.43 Å². The smallest absolute Gasteiger partial charge is 0.420 e. The van der Waals surface area contributed by atoms with Gasteiger partial charge in [0.1, 0.15) is 16.9 Å². The highest BCUT2D eigenvalue weighted by Crippen LogP contribution is 2.47. The third-order valence-corrected chi connectivity index (χ3v) is 6.81. The van der Waals surface area contributed by atoms with Gasteiger partial charge in [-0.1, -0.05) is 12.2 Å². The van der Waals surface area contributed by atoms with Gasteiger partial charge in [-0.15, -0.1) is 0 Å². The second-order valence-electron chi connectivity index (χ2n) is 8.86. The van der Waals surface area contributed by atoms with E-state index in [1.165, 1.54) is 4.90 Å². The molecule has 3 aliphatic rings. The Balaban J connectivity index is 1.79. The van der Waals surface area contributed by atoms with E-state index in [1.807, 2.05) is 12.2 Å². The highest BCUT2D eigenvalue weighted by molar-refractivity contribution is 5.96. The van der Waals surface area contributed by atoms with Gasteiger partial charge in [0.15, 0.2) is 0 Å². The van der Waals surface area contributed by atoms with Crippen molar-refractivity contribution < 1.29 is 27.5 Å². The minimum atomic E-state index is -4.89. The Kier molecular flexibility index (Phi) is 4.63. The monoisotopic (exact) mass is 451 g/mol. The van der Waals surface area contributed by atoms with Crippen molar-refractivity contribution in [3.8, 4) is 0 Å². The molecular weight excluding hydrogens is 430 g/mol. The van der Waals surface area contributed by atoms with Crippen LogP contribution in [0.4, 0.5) is 23.2 Å². The van der Waals surface area contributed by atoms with Gasteiger partial charge in [-0.05, 0) is 37.2 Å². The molecule has 2 heterocycles. The van der Waals surface area contributed by atoms with Gasteiger partial charge in [-0.2, -0.15) is 13.2 Å². The highest BCUT2D eigenvalue weighted by Gasteiger charge is 2.44. The van der Waals surface area contributed by atoms with E-state index in [0.717, 1.165) is 16.8 Å². The van der Waals surface area contributed by atoms with Crippen molar-refractivity contribution in [1.82, 2.24) is 4.57 Å². The van der Waals surface area contributed by atoms with E-state index in [1.54, 1.807) is 0 Å². The summed E-state index contributed by atoms with van der Waals surface area (Å²) in [4.78, 5) is 25.7. The number of hydrogen-bond acceptors (Lipinski definition) is 4. The molecule has 2 aromatic rings. The van der Waals surface area contributed by atoms with Gasteiger partial charge in [0.25, 0.3) is 0 Å². The molecule has 32 heavy (non-hydrogen) atoms. The number of nitrogens with zero attached hydrogens (tertiary/aromatic N) is 2. The molecule has 3 atom stereocenters. The second kappa shape index (κ2) is 7.06. The quantitative estimate of drug-likeness (QED) is 0.551. The molecule has 3 unspecified atom stereocenters. The lowest BCUT2D eigenvalue weighted by molar-refractivity contribution is -0.136. The van der Waals surface area contributed by atoms with Crippen LogP contribution >= 0.6 is 0 Å². The lowest BCUT2D eigenvalue weighted by Gasteiger charge is -2.27. The maximum Gasteiger partial charge on any atom is 0.420 e. The second-order valence-corrected chi connectivity index (χ2v) is 8.86. The molecule has 1 saturated carbocycles. The summed E-state index contributed by atoms with van der Waals surface area (Å²) < 4.78 is 59.7. The van der Waals surface area contributed by atoms with Crippen molar-refractivity contribution in [3.05, 3.63) is 51.6 Å². The molecule has 10 heteroatoms. The fourth-order valence-electron chi connectivity index (χ4n) is 5.15. The number of alkyl halides is 3. The zero-order valence-electron chi connectivity index (χ0n) is 16.9. The van der Waals surface area contributed by atoms with Gasteiger partial charge >= 0.3 is 12.1 Å². The Bertz CT molecular complexity index is 1220. The molecular formula is C22H21F4N3O3. The molecule has 0 spiro atoms. The fourth-order valence-corrected chi connectivity index (χ4v) is 5.15. The molecule has 1 saturated heterocycles. The molecule has 0 bridgehead atoms. The van der Waals surface area contributed by atoms with Crippen LogP contribution in [0.25, 0.3) is 10.9 Å². The SMILES string of the molecule is NC1C=CCC2CN(c3cc(F)c4c(=O)c(C(=O)O)cn(C5CC5)c4c3C(F)(F)F)CC12. The topological polar surface area (TPSA) is 88.6 Å². The number of anilines is 1. The molecule has 1 aromatic heterocycles. The molecule has 0 radical (unpaired) electrons. The first kappa shape index (κ1) is 21.0. The Morgan fingerprint density at radius 2 is 1.94 bits per heavy atom. The largest absolute Gasteiger partial charge is 0.477 e. The standard InChI is InChI=1S/C22H21F4N3O3/c23-14-6-16(28-7-10-2-1-3-15(27)12(10)8-28)18(22(24,25)26)19-17(14)20(30)13(21(31)32)9-29(19)11-4-5-11/h1,3,6,9-12,15H,2,4-5,7-8,27H2,(H,31,32). The van der Waals surface area contributed by atoms with Gasteiger partial charge in [0.05, 0.1) is 16.6 Å². The van der Waals surface area contributed by atoms with E-state index in [4.69, 9.17) is 5.73 Å². The molecule has 1 aromatic carbocycles. The van der Waals surface area contributed by atoms with Crippen molar-refractivity contribution in [2.45, 2.75) is 37.5 Å². The van der Waals surface area contributed by atoms with Gasteiger partial charge in [0, 0.05) is 31.4 Å². The first-order chi connectivity index (χ1) is 15.1. The Hall–Kier alpha value is -2.88. The summed E-state index contributed by atoms with van der Waals surface area (Å²) in [6, 6.07) is 0.0259. The van der Waals surface area contributed by atoms with Crippen LogP contribution in [0, 0.1) is 17.7 Å². The van der Waals surface area contributed by atoms with Crippen molar-refractivity contribution in [3.63, 3.8) is 0 Å². The number of carboxylic acids is 1. The number of carbonyl (C=O) groups is 1. The molecule has 0 amide bonds. The summed E-state index contributed by atoms with van der Waals surface area (Å²) in [5.41, 5.74) is 2.12. The number of halogens is 4. The number of hydrogen-bond donors (Lipinski definition) is 2. The van der Waals surface area contributed by atoms with Crippen molar-refractivity contribution in [2.24, 2.45) is 17.6 Å². The molecule has 3 N–H and O–H groups in total. The van der Waals surface area contributed by atoms with Crippen LogP contribution in [-0.2, 0) is 6.18 Å². The molecule has 1 aliphatic heterocycles. The number of pyridine rings is 1. The third kappa shape index (κ3) is 3.19. The number of aromatic carboxylic acids is 1. The lowest BCUT2D eigenvalue weighted by atomic mass is 9.83. The van der Waals surface area contributed by atoms with Crippen LogP contribution in [0.1, 0.15) is 41.2 Å². The van der Waals surface area contributed by atoms with Crippen molar-refractivity contribution >= 4 is 22.6 Å². The zero-order valence-corrected chi connectivity index (χ0v) is 16.9. The van der Waals surface area contributed by atoms with Gasteiger partial charge in [-0.25, -0.2) is 9.18 Å². The average molecular weight is 451 g/mol. The number of rotatable bonds is 3. The Labute approximate surface area is 179 Å². The molecule has 6 nitrogen and oxygen atoms in total. The van der Waals surface area contributed by atoms with Gasteiger partial charge < -0.3 is 20.3 Å². The normalized spacial score (nSPS) is 25.4. The van der Waals surface area contributed by atoms with E-state index < -0.39 is 51.5 Å². The number of nitrogens with two attached hydrogens (primary N) is 1. The molecule has 170 valence electrons. The van der Waals surface area contributed by atoms with Crippen LogP contribution < -0.4 is 16.1 Å². The number of aromatic nitrogens is 1. The highest BCUT2D eigenvalue weighted by atomic mass is 19.4. The average Bonchev–Trinajstić information content (AvgIpc) is 3.44. The summed E-state index contributed by atoms with van der Waals surface area (Å²) in [5.74, 6) is -2.76. The maximum atomic E-state index is 15.2. The summed E-state index contributed by atoms with van der Waals surface area (Å²) in [5, 5.41) is 8.53. The lowest BCUT2D eigenvalue weighted by Crippen LogP contribution is -2.35. The minimum Gasteiger partial charge on any atom is -0.477 e. The predicted molar refractivity (Wildman–Crippen MR) is 109 cm³/mol. The van der Waals surface area contributed by atoms with E-state index in [-0.39, 0.29) is 36.7 Å².